The van der Waals surface area contributed by atoms with Gasteiger partial charge < -0.3 is 25.6 Å². The number of allylic oxidation sites excluding steroid dienone is 2. The second kappa shape index (κ2) is 15.1. The lowest BCUT2D eigenvalue weighted by atomic mass is 10.0. The Kier molecular flexibility index (Phi) is 10.9. The molecule has 5 rings (SSSR count). The van der Waals surface area contributed by atoms with Crippen LogP contribution in [0.4, 0.5) is 17.1 Å². The lowest BCUT2D eigenvalue weighted by molar-refractivity contribution is -0.134. The van der Waals surface area contributed by atoms with Crippen molar-refractivity contribution < 1.29 is 23.9 Å². The molecule has 1 atom stereocenters. The highest BCUT2D eigenvalue weighted by molar-refractivity contribution is 6.38. The number of likely N-dealkylation sites (tertiary alicyclic amines) is 1. The summed E-state index contributed by atoms with van der Waals surface area (Å²) in [6, 6.07) is 17.6. The molecule has 12 heteroatoms. The lowest BCUT2D eigenvalue weighted by Crippen LogP contribution is -2.42. The monoisotopic (exact) mass is 689 g/mol. The minimum atomic E-state index is -0.467. The number of nitrogens with one attached hydrogen (secondary N) is 1. The van der Waals surface area contributed by atoms with Crippen molar-refractivity contribution in [3.05, 3.63) is 105 Å². The zero-order chi connectivity index (χ0) is 34.5. The molecule has 0 aliphatic carbocycles. The molecule has 0 aromatic heterocycles. The van der Waals surface area contributed by atoms with Gasteiger partial charge in [-0.1, -0.05) is 53.5 Å². The van der Waals surface area contributed by atoms with E-state index in [-0.39, 0.29) is 41.8 Å². The summed E-state index contributed by atoms with van der Waals surface area (Å²) in [5.74, 6) is -0.326. The van der Waals surface area contributed by atoms with Gasteiger partial charge in [-0.15, -0.1) is 0 Å². The van der Waals surface area contributed by atoms with E-state index in [1.807, 2.05) is 31.2 Å². The molecule has 1 fully saturated rings. The molecule has 1 saturated heterocycles. The van der Waals surface area contributed by atoms with Crippen molar-refractivity contribution in [2.45, 2.75) is 45.8 Å². The molecule has 3 aromatic rings. The number of rotatable bonds is 9. The Balaban J connectivity index is 1.31. The van der Waals surface area contributed by atoms with E-state index in [1.54, 1.807) is 59.3 Å². The van der Waals surface area contributed by atoms with Crippen LogP contribution in [0.3, 0.4) is 0 Å². The summed E-state index contributed by atoms with van der Waals surface area (Å²) < 4.78 is 6.27. The van der Waals surface area contributed by atoms with Crippen LogP contribution in [0.2, 0.25) is 10.0 Å². The maximum absolute atomic E-state index is 13.7. The standard InChI is InChI=1S/C36H37Cl2N5O5/c1-22-32(48-21-27-28(37)15-16-30(35(27)38)41(3)34(46)20-39)19-25-7-4-5-8-29(25)43(22)33(45)17-12-24-10-13-26(14-11-24)40-36(47)31-9-6-18-42(31)23(2)44/h4-5,7-8,10-17,31H,6,9,18-21,39H2,1-3H3,(H,40,47)/t31-/m0/s1. The van der Waals surface area contributed by atoms with Gasteiger partial charge in [-0.25, -0.2) is 0 Å². The highest BCUT2D eigenvalue weighted by atomic mass is 35.5. The molecule has 2 aliphatic rings. The van der Waals surface area contributed by atoms with Gasteiger partial charge in [0.15, 0.2) is 0 Å². The van der Waals surface area contributed by atoms with Crippen LogP contribution in [0.25, 0.3) is 6.08 Å². The average Bonchev–Trinajstić information content (AvgIpc) is 3.58. The molecule has 4 amide bonds. The Hall–Kier alpha value is -4.64. The molecule has 10 nitrogen and oxygen atoms in total. The van der Waals surface area contributed by atoms with Gasteiger partial charge in [0.05, 0.1) is 28.6 Å². The SMILES string of the molecule is CC(=O)N1CCC[C@H]1C(=O)Nc1ccc(C=CC(=O)N2C(C)=C(OCc3c(Cl)ccc(N(C)C(=O)CN)c3Cl)Cc3ccccc32)cc1. The first-order valence-electron chi connectivity index (χ1n) is 15.5. The normalized spacial score (nSPS) is 15.8. The highest BCUT2D eigenvalue weighted by Crippen LogP contribution is 2.37. The third kappa shape index (κ3) is 7.41. The Labute approximate surface area is 289 Å². The number of ether oxygens (including phenoxy) is 1. The number of halogens is 2. The van der Waals surface area contributed by atoms with E-state index in [0.29, 0.717) is 52.8 Å². The number of anilines is 3. The molecule has 2 heterocycles. The van der Waals surface area contributed by atoms with E-state index in [4.69, 9.17) is 33.7 Å². The van der Waals surface area contributed by atoms with Crippen molar-refractivity contribution in [1.82, 2.24) is 4.90 Å². The van der Waals surface area contributed by atoms with Crippen LogP contribution in [0.1, 0.15) is 43.4 Å². The Bertz CT molecular complexity index is 1810. The third-order valence-electron chi connectivity index (χ3n) is 8.57. The average molecular weight is 691 g/mol. The number of nitrogens with zero attached hydrogens (tertiary/aromatic N) is 3. The number of amides is 4. The molecule has 0 radical (unpaired) electrons. The van der Waals surface area contributed by atoms with Gasteiger partial charge in [0.25, 0.3) is 5.91 Å². The Morgan fingerprint density at radius 3 is 2.50 bits per heavy atom. The van der Waals surface area contributed by atoms with Gasteiger partial charge in [0.2, 0.25) is 17.7 Å². The lowest BCUT2D eigenvalue weighted by Gasteiger charge is -2.31. The fraction of sp³-hybridized carbons (Fsp3) is 0.278. The highest BCUT2D eigenvalue weighted by Gasteiger charge is 2.32. The molecule has 2 aliphatic heterocycles. The molecule has 0 saturated carbocycles. The molecular formula is C36H37Cl2N5O5. The van der Waals surface area contributed by atoms with Crippen molar-refractivity contribution in [2.24, 2.45) is 5.73 Å². The van der Waals surface area contributed by atoms with Gasteiger partial charge in [-0.2, -0.15) is 0 Å². The van der Waals surface area contributed by atoms with Crippen molar-refractivity contribution in [2.75, 3.05) is 35.3 Å². The predicted octanol–water partition coefficient (Wildman–Crippen LogP) is 5.92. The number of carbonyl (C=O) groups excluding carboxylic acids is 4. The van der Waals surface area contributed by atoms with Crippen LogP contribution in [-0.4, -0.2) is 54.7 Å². The number of hydrogen-bond acceptors (Lipinski definition) is 6. The molecule has 0 bridgehead atoms. The zero-order valence-electron chi connectivity index (χ0n) is 27.0. The summed E-state index contributed by atoms with van der Waals surface area (Å²) in [6.07, 6.45) is 5.08. The van der Waals surface area contributed by atoms with E-state index in [0.717, 1.165) is 23.2 Å². The summed E-state index contributed by atoms with van der Waals surface area (Å²) in [6.45, 7) is 3.72. The maximum atomic E-state index is 13.7. The minimum Gasteiger partial charge on any atom is -0.491 e. The molecule has 0 spiro atoms. The molecule has 48 heavy (non-hydrogen) atoms. The van der Waals surface area contributed by atoms with Crippen LogP contribution in [0.5, 0.6) is 0 Å². The number of carbonyl (C=O) groups is 4. The van der Waals surface area contributed by atoms with Gasteiger partial charge in [-0.3, -0.25) is 24.1 Å². The third-order valence-corrected chi connectivity index (χ3v) is 9.34. The number of fused-ring (bicyclic) bond motifs is 1. The molecule has 0 unspecified atom stereocenters. The topological polar surface area (TPSA) is 125 Å². The van der Waals surface area contributed by atoms with E-state index in [2.05, 4.69) is 5.32 Å². The van der Waals surface area contributed by atoms with Crippen molar-refractivity contribution >= 4 is 70.0 Å². The smallest absolute Gasteiger partial charge is 0.255 e. The zero-order valence-corrected chi connectivity index (χ0v) is 28.5. The number of nitrogens with two attached hydrogens (primary N) is 1. The number of hydrogen-bond donors (Lipinski definition) is 2. The molecule has 3 N–H and O–H groups in total. The van der Waals surface area contributed by atoms with Gasteiger partial charge in [-0.05, 0) is 67.3 Å². The first-order valence-corrected chi connectivity index (χ1v) is 16.3. The van der Waals surface area contributed by atoms with Crippen LogP contribution in [0, 0.1) is 0 Å². The summed E-state index contributed by atoms with van der Waals surface area (Å²) in [5, 5.41) is 3.55. The predicted molar refractivity (Wildman–Crippen MR) is 189 cm³/mol. The number of benzene rings is 3. The fourth-order valence-electron chi connectivity index (χ4n) is 5.89. The first-order chi connectivity index (χ1) is 23.0. The van der Waals surface area contributed by atoms with Crippen molar-refractivity contribution in [3.63, 3.8) is 0 Å². The summed E-state index contributed by atoms with van der Waals surface area (Å²) in [5.41, 5.74) is 10.1. The van der Waals surface area contributed by atoms with Crippen LogP contribution < -0.4 is 20.9 Å². The van der Waals surface area contributed by atoms with Gasteiger partial charge in [0, 0.05) is 49.3 Å². The Morgan fingerprint density at radius 2 is 1.79 bits per heavy atom. The van der Waals surface area contributed by atoms with Crippen molar-refractivity contribution in [1.29, 1.82) is 0 Å². The van der Waals surface area contributed by atoms with Crippen LogP contribution >= 0.6 is 23.2 Å². The quantitative estimate of drug-likeness (QED) is 0.269. The van der Waals surface area contributed by atoms with Gasteiger partial charge in [0.1, 0.15) is 18.4 Å². The van der Waals surface area contributed by atoms with E-state index in [9.17, 15) is 19.2 Å². The maximum Gasteiger partial charge on any atom is 0.255 e. The molecular weight excluding hydrogens is 653 g/mol. The summed E-state index contributed by atoms with van der Waals surface area (Å²) in [7, 11) is 1.59. The van der Waals surface area contributed by atoms with E-state index < -0.39 is 6.04 Å². The van der Waals surface area contributed by atoms with Gasteiger partial charge >= 0.3 is 0 Å². The van der Waals surface area contributed by atoms with E-state index in [1.165, 1.54) is 17.9 Å². The summed E-state index contributed by atoms with van der Waals surface area (Å²) in [4.78, 5) is 55.1. The second-order valence-corrected chi connectivity index (χ2v) is 12.4. The van der Waals surface area contributed by atoms with Crippen molar-refractivity contribution in [3.8, 4) is 0 Å². The van der Waals surface area contributed by atoms with Crippen LogP contribution in [-0.2, 0) is 36.9 Å². The largest absolute Gasteiger partial charge is 0.491 e. The molecule has 3 aromatic carbocycles. The molecule has 250 valence electrons. The fourth-order valence-corrected chi connectivity index (χ4v) is 6.50. The van der Waals surface area contributed by atoms with Crippen LogP contribution in [0.15, 0.2) is 78.2 Å². The summed E-state index contributed by atoms with van der Waals surface area (Å²) >= 11 is 13.2. The number of para-hydroxylation sites is 1. The second-order valence-electron chi connectivity index (χ2n) is 11.6. The van der Waals surface area contributed by atoms with E-state index >= 15 is 0 Å². The Morgan fingerprint density at radius 1 is 1.06 bits per heavy atom. The minimum absolute atomic E-state index is 0.0132. The first kappa shape index (κ1) is 34.7. The number of likely N-dealkylation sites (N-methyl/N-ethyl adjacent to an activating group) is 1.